The number of hydrogen-bond acceptors (Lipinski definition) is 4. The molecule has 2 heterocycles. The molecule has 0 fully saturated rings. The van der Waals surface area contributed by atoms with Crippen LogP contribution < -0.4 is 0 Å². The zero-order chi connectivity index (χ0) is 19.6. The molecule has 140 valence electrons. The Morgan fingerprint density at radius 1 is 0.893 bits per heavy atom. The van der Waals surface area contributed by atoms with Crippen molar-refractivity contribution in [2.24, 2.45) is 5.41 Å². The van der Waals surface area contributed by atoms with Crippen molar-refractivity contribution in [1.82, 2.24) is 19.9 Å². The van der Waals surface area contributed by atoms with Crippen LogP contribution in [-0.4, -0.2) is 19.9 Å². The zero-order valence-electron chi connectivity index (χ0n) is 16.5. The van der Waals surface area contributed by atoms with Crippen LogP contribution in [0.15, 0.2) is 85.2 Å². The fourth-order valence-electron chi connectivity index (χ4n) is 3.72. The predicted molar refractivity (Wildman–Crippen MR) is 111 cm³/mol. The summed E-state index contributed by atoms with van der Waals surface area (Å²) in [4.78, 5) is 17.6. The van der Waals surface area contributed by atoms with Crippen molar-refractivity contribution in [1.29, 1.82) is 0 Å². The second-order valence-corrected chi connectivity index (χ2v) is 8.24. The summed E-state index contributed by atoms with van der Waals surface area (Å²) in [7, 11) is 0. The van der Waals surface area contributed by atoms with Crippen molar-refractivity contribution in [3.05, 3.63) is 102 Å². The van der Waals surface area contributed by atoms with Crippen molar-refractivity contribution >= 4 is 5.57 Å². The minimum atomic E-state index is -0.486. The van der Waals surface area contributed by atoms with E-state index < -0.39 is 5.41 Å². The van der Waals surface area contributed by atoms with Gasteiger partial charge in [-0.2, -0.15) is 0 Å². The number of aromatic nitrogens is 4. The lowest BCUT2D eigenvalue weighted by atomic mass is 9.66. The van der Waals surface area contributed by atoms with Crippen LogP contribution in [0.2, 0.25) is 0 Å². The molecule has 0 saturated heterocycles. The molecule has 2 aromatic heterocycles. The molecule has 0 amide bonds. The lowest BCUT2D eigenvalue weighted by Crippen LogP contribution is -2.32. The largest absolute Gasteiger partial charge is 0.264 e. The molecule has 0 spiro atoms. The minimum absolute atomic E-state index is 0.0130. The van der Waals surface area contributed by atoms with Gasteiger partial charge < -0.3 is 0 Å². The standard InChI is InChI=1S/C24H24N4/c1-23(2,3)21-12-19(18-8-5-4-6-9-18)13-24(14-21,20-10-7-11-25-15-20)22-27-16-26-17-28-22/h4-12,14-17H,13H2,1-3H3. The van der Waals surface area contributed by atoms with Gasteiger partial charge in [0.05, 0.1) is 5.41 Å². The van der Waals surface area contributed by atoms with E-state index in [4.69, 9.17) is 0 Å². The molecule has 1 aliphatic rings. The van der Waals surface area contributed by atoms with E-state index in [9.17, 15) is 0 Å². The fourth-order valence-corrected chi connectivity index (χ4v) is 3.72. The number of rotatable bonds is 3. The van der Waals surface area contributed by atoms with Gasteiger partial charge in [0.15, 0.2) is 0 Å². The van der Waals surface area contributed by atoms with Crippen molar-refractivity contribution in [2.75, 3.05) is 0 Å². The van der Waals surface area contributed by atoms with Crippen molar-refractivity contribution in [2.45, 2.75) is 32.6 Å². The summed E-state index contributed by atoms with van der Waals surface area (Å²) in [6, 6.07) is 14.6. The molecule has 0 aliphatic heterocycles. The van der Waals surface area contributed by atoms with E-state index in [-0.39, 0.29) is 5.41 Å². The third-order valence-corrected chi connectivity index (χ3v) is 5.28. The third kappa shape index (κ3) is 3.38. The summed E-state index contributed by atoms with van der Waals surface area (Å²) < 4.78 is 0. The summed E-state index contributed by atoms with van der Waals surface area (Å²) >= 11 is 0. The molecule has 1 atom stereocenters. The number of allylic oxidation sites excluding steroid dienone is 4. The van der Waals surface area contributed by atoms with E-state index in [1.807, 2.05) is 18.3 Å². The quantitative estimate of drug-likeness (QED) is 0.652. The van der Waals surface area contributed by atoms with Crippen LogP contribution in [0.3, 0.4) is 0 Å². The summed E-state index contributed by atoms with van der Waals surface area (Å²) in [6.07, 6.45) is 12.3. The average molecular weight is 368 g/mol. The van der Waals surface area contributed by atoms with Crippen LogP contribution in [0, 0.1) is 5.41 Å². The van der Waals surface area contributed by atoms with Gasteiger partial charge in [-0.3, -0.25) is 4.98 Å². The molecule has 3 aromatic rings. The van der Waals surface area contributed by atoms with Crippen LogP contribution in [-0.2, 0) is 5.41 Å². The molecule has 0 saturated carbocycles. The molecular formula is C24H24N4. The molecular weight excluding hydrogens is 344 g/mol. The van der Waals surface area contributed by atoms with Gasteiger partial charge in [-0.05, 0) is 40.2 Å². The van der Waals surface area contributed by atoms with Gasteiger partial charge in [0.1, 0.15) is 18.5 Å². The highest BCUT2D eigenvalue weighted by atomic mass is 15.0. The number of pyridine rings is 1. The van der Waals surface area contributed by atoms with Gasteiger partial charge >= 0.3 is 0 Å². The summed E-state index contributed by atoms with van der Waals surface area (Å²) in [5.74, 6) is 0.749. The van der Waals surface area contributed by atoms with E-state index in [2.05, 4.69) is 83.2 Å². The average Bonchev–Trinajstić information content (AvgIpc) is 2.74. The maximum absolute atomic E-state index is 4.57. The molecule has 0 N–H and O–H groups in total. The number of benzene rings is 1. The molecule has 0 radical (unpaired) electrons. The maximum Gasteiger partial charge on any atom is 0.146 e. The lowest BCUT2D eigenvalue weighted by molar-refractivity contribution is 0.493. The molecule has 1 unspecified atom stereocenters. The maximum atomic E-state index is 4.57. The first-order chi connectivity index (χ1) is 13.5. The van der Waals surface area contributed by atoms with Crippen LogP contribution >= 0.6 is 0 Å². The normalized spacial score (nSPS) is 19.7. The predicted octanol–water partition coefficient (Wildman–Crippen LogP) is 5.01. The Labute approximate surface area is 166 Å². The van der Waals surface area contributed by atoms with Gasteiger partial charge in [0.2, 0.25) is 0 Å². The zero-order valence-corrected chi connectivity index (χ0v) is 16.5. The highest BCUT2D eigenvalue weighted by molar-refractivity contribution is 5.73. The Morgan fingerprint density at radius 3 is 2.29 bits per heavy atom. The van der Waals surface area contributed by atoms with E-state index in [1.54, 1.807) is 18.9 Å². The topological polar surface area (TPSA) is 51.6 Å². The molecule has 4 rings (SSSR count). The summed E-state index contributed by atoms with van der Waals surface area (Å²) in [6.45, 7) is 6.72. The van der Waals surface area contributed by atoms with Crippen LogP contribution in [0.4, 0.5) is 0 Å². The van der Waals surface area contributed by atoms with E-state index in [0.717, 1.165) is 17.8 Å². The molecule has 0 bridgehead atoms. The van der Waals surface area contributed by atoms with Crippen LogP contribution in [0.1, 0.15) is 44.1 Å². The highest BCUT2D eigenvalue weighted by Crippen LogP contribution is 2.47. The molecule has 28 heavy (non-hydrogen) atoms. The second kappa shape index (κ2) is 7.12. The Balaban J connectivity index is 1.98. The molecule has 1 aromatic carbocycles. The molecule has 1 aliphatic carbocycles. The SMILES string of the molecule is CC(C)(C)C1=CC(c2cccnc2)(c2ncncn2)CC(c2ccccc2)=C1. The summed E-state index contributed by atoms with van der Waals surface area (Å²) in [5.41, 5.74) is 4.35. The third-order valence-electron chi connectivity index (χ3n) is 5.28. The highest BCUT2D eigenvalue weighted by Gasteiger charge is 2.40. The van der Waals surface area contributed by atoms with E-state index >= 15 is 0 Å². The van der Waals surface area contributed by atoms with Crippen molar-refractivity contribution in [3.8, 4) is 0 Å². The Hall–Kier alpha value is -3.14. The number of nitrogens with zero attached hydrogens (tertiary/aromatic N) is 4. The fraction of sp³-hybridized carbons (Fsp3) is 0.250. The van der Waals surface area contributed by atoms with Crippen LogP contribution in [0.5, 0.6) is 0 Å². The lowest BCUT2D eigenvalue weighted by Gasteiger charge is -2.37. The smallest absolute Gasteiger partial charge is 0.146 e. The van der Waals surface area contributed by atoms with E-state index in [0.29, 0.717) is 0 Å². The molecule has 4 heteroatoms. The van der Waals surface area contributed by atoms with Gasteiger partial charge in [-0.1, -0.05) is 69.3 Å². The van der Waals surface area contributed by atoms with Crippen molar-refractivity contribution in [3.63, 3.8) is 0 Å². The minimum Gasteiger partial charge on any atom is -0.264 e. The van der Waals surface area contributed by atoms with Gasteiger partial charge in [0.25, 0.3) is 0 Å². The Bertz CT molecular complexity index is 961. The monoisotopic (exact) mass is 368 g/mol. The van der Waals surface area contributed by atoms with Crippen LogP contribution in [0.25, 0.3) is 5.57 Å². The van der Waals surface area contributed by atoms with E-state index in [1.165, 1.54) is 16.7 Å². The first kappa shape index (κ1) is 18.2. The van der Waals surface area contributed by atoms with Crippen molar-refractivity contribution < 1.29 is 0 Å². The Kier molecular flexibility index (Phi) is 4.63. The first-order valence-corrected chi connectivity index (χ1v) is 9.51. The Morgan fingerprint density at radius 2 is 1.64 bits per heavy atom. The summed E-state index contributed by atoms with van der Waals surface area (Å²) in [5, 5.41) is 0. The second-order valence-electron chi connectivity index (χ2n) is 8.24. The molecule has 4 nitrogen and oxygen atoms in total. The van der Waals surface area contributed by atoms with Gasteiger partial charge in [-0.25, -0.2) is 15.0 Å². The van der Waals surface area contributed by atoms with Gasteiger partial charge in [0, 0.05) is 12.4 Å². The first-order valence-electron chi connectivity index (χ1n) is 9.51. The number of hydrogen-bond donors (Lipinski definition) is 0. The van der Waals surface area contributed by atoms with Gasteiger partial charge in [-0.15, -0.1) is 0 Å².